The molecular weight excluding hydrogens is 346 g/mol. The quantitative estimate of drug-likeness (QED) is 0.801. The van der Waals surface area contributed by atoms with Crippen LogP contribution >= 0.6 is 12.4 Å². The Kier molecular flexibility index (Phi) is 6.68. The summed E-state index contributed by atoms with van der Waals surface area (Å²) in [7, 11) is 0. The monoisotopic (exact) mass is 373 g/mol. The molecule has 1 aromatic carbocycles. The van der Waals surface area contributed by atoms with E-state index in [0.717, 1.165) is 42.1 Å². The Hall–Kier alpha value is -2.04. The fraction of sp³-hybridized carbons (Fsp3) is 0.381. The first-order chi connectivity index (χ1) is 12.0. The molecule has 1 aliphatic rings. The summed E-state index contributed by atoms with van der Waals surface area (Å²) in [5, 5.41) is 6.36. The Labute approximate surface area is 162 Å². The van der Waals surface area contributed by atoms with E-state index >= 15 is 0 Å². The summed E-state index contributed by atoms with van der Waals surface area (Å²) >= 11 is 0. The molecular formula is C21H28ClN3O. The van der Waals surface area contributed by atoms with Crippen LogP contribution in [0, 0.1) is 27.7 Å². The third kappa shape index (κ3) is 4.37. The van der Waals surface area contributed by atoms with Crippen molar-refractivity contribution in [2.75, 3.05) is 19.6 Å². The maximum absolute atomic E-state index is 12.7. The van der Waals surface area contributed by atoms with Crippen LogP contribution in [0.25, 0.3) is 5.69 Å². The fourth-order valence-corrected chi connectivity index (χ4v) is 3.59. The largest absolute Gasteiger partial charge is 0.348 e. The van der Waals surface area contributed by atoms with E-state index in [1.54, 1.807) is 0 Å². The number of hydrogen-bond donors (Lipinski definition) is 2. The van der Waals surface area contributed by atoms with E-state index in [0.29, 0.717) is 6.54 Å². The second-order valence-electron chi connectivity index (χ2n) is 6.97. The Morgan fingerprint density at radius 1 is 1.12 bits per heavy atom. The Morgan fingerprint density at radius 3 is 2.42 bits per heavy atom. The summed E-state index contributed by atoms with van der Waals surface area (Å²) in [5.74, 6) is 0.00292. The number of benzene rings is 1. The lowest BCUT2D eigenvalue weighted by Crippen LogP contribution is -2.29. The van der Waals surface area contributed by atoms with E-state index in [-0.39, 0.29) is 18.3 Å². The molecule has 0 saturated carbocycles. The van der Waals surface area contributed by atoms with Crippen molar-refractivity contribution in [3.8, 4) is 5.69 Å². The van der Waals surface area contributed by atoms with Crippen LogP contribution in [0.15, 0.2) is 35.9 Å². The van der Waals surface area contributed by atoms with Crippen LogP contribution in [-0.4, -0.2) is 30.1 Å². The zero-order valence-corrected chi connectivity index (χ0v) is 16.8. The van der Waals surface area contributed by atoms with Gasteiger partial charge in [0.1, 0.15) is 0 Å². The van der Waals surface area contributed by atoms with E-state index in [9.17, 15) is 4.79 Å². The average Bonchev–Trinajstić information content (AvgIpc) is 2.87. The highest BCUT2D eigenvalue weighted by atomic mass is 35.5. The molecule has 0 radical (unpaired) electrons. The minimum absolute atomic E-state index is 0. The summed E-state index contributed by atoms with van der Waals surface area (Å²) in [6, 6.07) is 8.47. The molecule has 1 amide bonds. The van der Waals surface area contributed by atoms with E-state index in [1.165, 1.54) is 16.7 Å². The molecule has 5 heteroatoms. The molecule has 2 aromatic rings. The van der Waals surface area contributed by atoms with Crippen molar-refractivity contribution in [1.82, 2.24) is 15.2 Å². The van der Waals surface area contributed by atoms with E-state index in [4.69, 9.17) is 0 Å². The summed E-state index contributed by atoms with van der Waals surface area (Å²) < 4.78 is 2.17. The standard InChI is InChI=1S/C21H27N3O.ClH/c1-14-9-15(2)11-19(10-14)24-16(3)12-20(17(24)4)21(25)23-13-18-5-7-22-8-6-18;/h5,9-12,22H,6-8,13H2,1-4H3,(H,23,25);1H. The normalized spacial score (nSPS) is 13.8. The van der Waals surface area contributed by atoms with Crippen LogP contribution in [0.4, 0.5) is 0 Å². The van der Waals surface area contributed by atoms with Gasteiger partial charge in [-0.3, -0.25) is 4.79 Å². The van der Waals surface area contributed by atoms with Crippen molar-refractivity contribution in [2.24, 2.45) is 0 Å². The predicted molar refractivity (Wildman–Crippen MR) is 110 cm³/mol. The number of nitrogens with one attached hydrogen (secondary N) is 2. The molecule has 0 unspecified atom stereocenters. The molecule has 0 fully saturated rings. The molecule has 140 valence electrons. The van der Waals surface area contributed by atoms with Crippen LogP contribution in [0.5, 0.6) is 0 Å². The lowest BCUT2D eigenvalue weighted by molar-refractivity contribution is 0.0956. The van der Waals surface area contributed by atoms with Gasteiger partial charge in [0.25, 0.3) is 5.91 Å². The minimum Gasteiger partial charge on any atom is -0.348 e. The van der Waals surface area contributed by atoms with Crippen molar-refractivity contribution >= 4 is 18.3 Å². The number of rotatable bonds is 4. The predicted octanol–water partition coefficient (Wildman–Crippen LogP) is 3.78. The summed E-state index contributed by atoms with van der Waals surface area (Å²) in [5.41, 5.74) is 7.69. The van der Waals surface area contributed by atoms with Crippen LogP contribution < -0.4 is 10.6 Å². The zero-order valence-electron chi connectivity index (χ0n) is 16.0. The molecule has 0 bridgehead atoms. The molecule has 2 heterocycles. The number of aromatic nitrogens is 1. The van der Waals surface area contributed by atoms with Crippen molar-refractivity contribution in [3.05, 3.63) is 64.0 Å². The topological polar surface area (TPSA) is 46.1 Å². The maximum Gasteiger partial charge on any atom is 0.253 e. The molecule has 4 nitrogen and oxygen atoms in total. The first-order valence-electron chi connectivity index (χ1n) is 8.90. The lowest BCUT2D eigenvalue weighted by Gasteiger charge is -2.15. The zero-order chi connectivity index (χ0) is 18.0. The molecule has 1 aromatic heterocycles. The third-order valence-corrected chi connectivity index (χ3v) is 4.77. The highest BCUT2D eigenvalue weighted by molar-refractivity contribution is 5.96. The summed E-state index contributed by atoms with van der Waals surface area (Å²) in [6.45, 7) is 10.8. The first kappa shape index (κ1) is 20.3. The number of carbonyl (C=O) groups excluding carboxylic acids is 1. The molecule has 0 atom stereocenters. The van der Waals surface area contributed by atoms with Gasteiger partial charge in [0.05, 0.1) is 5.56 Å². The summed E-state index contributed by atoms with van der Waals surface area (Å²) in [6.07, 6.45) is 3.17. The molecule has 3 rings (SSSR count). The van der Waals surface area contributed by atoms with E-state index < -0.39 is 0 Å². The fourth-order valence-electron chi connectivity index (χ4n) is 3.59. The molecule has 2 N–H and O–H groups in total. The van der Waals surface area contributed by atoms with E-state index in [2.05, 4.69) is 60.2 Å². The van der Waals surface area contributed by atoms with Crippen LogP contribution in [-0.2, 0) is 0 Å². The summed E-state index contributed by atoms with van der Waals surface area (Å²) in [4.78, 5) is 12.7. The third-order valence-electron chi connectivity index (χ3n) is 4.77. The van der Waals surface area contributed by atoms with Gasteiger partial charge in [-0.2, -0.15) is 0 Å². The first-order valence-corrected chi connectivity index (χ1v) is 8.90. The van der Waals surface area contributed by atoms with Gasteiger partial charge in [0.15, 0.2) is 0 Å². The second kappa shape index (κ2) is 8.56. The van der Waals surface area contributed by atoms with Crippen LogP contribution in [0.2, 0.25) is 0 Å². The lowest BCUT2D eigenvalue weighted by atomic mass is 10.1. The van der Waals surface area contributed by atoms with Gasteiger partial charge in [-0.15, -0.1) is 12.4 Å². The van der Waals surface area contributed by atoms with E-state index in [1.807, 2.05) is 13.0 Å². The molecule has 26 heavy (non-hydrogen) atoms. The average molecular weight is 374 g/mol. The second-order valence-corrected chi connectivity index (χ2v) is 6.97. The highest BCUT2D eigenvalue weighted by Crippen LogP contribution is 2.22. The van der Waals surface area contributed by atoms with Gasteiger partial charge in [0.2, 0.25) is 0 Å². The smallest absolute Gasteiger partial charge is 0.253 e. The molecule has 0 aliphatic carbocycles. The number of amides is 1. The molecule has 0 saturated heterocycles. The maximum atomic E-state index is 12.7. The van der Waals surface area contributed by atoms with Gasteiger partial charge in [-0.25, -0.2) is 0 Å². The van der Waals surface area contributed by atoms with Gasteiger partial charge in [-0.1, -0.05) is 17.7 Å². The minimum atomic E-state index is 0. The van der Waals surface area contributed by atoms with Crippen LogP contribution in [0.1, 0.15) is 39.3 Å². The van der Waals surface area contributed by atoms with Crippen LogP contribution in [0.3, 0.4) is 0 Å². The molecule has 0 spiro atoms. The Morgan fingerprint density at radius 2 is 1.81 bits per heavy atom. The number of hydrogen-bond acceptors (Lipinski definition) is 2. The van der Waals surface area contributed by atoms with Gasteiger partial charge in [0, 0.05) is 30.2 Å². The van der Waals surface area contributed by atoms with Gasteiger partial charge >= 0.3 is 0 Å². The van der Waals surface area contributed by atoms with Crippen molar-refractivity contribution < 1.29 is 4.79 Å². The van der Waals surface area contributed by atoms with Crippen molar-refractivity contribution in [2.45, 2.75) is 34.1 Å². The number of nitrogens with zero attached hydrogens (tertiary/aromatic N) is 1. The van der Waals surface area contributed by atoms with Crippen molar-refractivity contribution in [1.29, 1.82) is 0 Å². The Bertz CT molecular complexity index is 816. The number of halogens is 1. The number of carbonyl (C=O) groups is 1. The SMILES string of the molecule is Cc1cc(C)cc(-n2c(C)cc(C(=O)NCC3=CCNCC3)c2C)c1.Cl. The van der Waals surface area contributed by atoms with Gasteiger partial charge < -0.3 is 15.2 Å². The van der Waals surface area contributed by atoms with Crippen molar-refractivity contribution in [3.63, 3.8) is 0 Å². The number of aryl methyl sites for hydroxylation is 3. The Balaban J connectivity index is 0.00000243. The highest BCUT2D eigenvalue weighted by Gasteiger charge is 2.17. The van der Waals surface area contributed by atoms with Gasteiger partial charge in [-0.05, 0) is 70.0 Å². The molecule has 1 aliphatic heterocycles.